The quantitative estimate of drug-likeness (QED) is 0.0222. The normalized spacial score (nSPS) is 14.1. The maximum Gasteiger partial charge on any atom is 0.472 e. The first-order valence-electron chi connectivity index (χ1n) is 36.1. The van der Waals surface area contributed by atoms with Crippen LogP contribution in [-0.2, 0) is 65.4 Å². The molecule has 0 radical (unpaired) electrons. The zero-order chi connectivity index (χ0) is 64.9. The molecule has 0 aromatic carbocycles. The van der Waals surface area contributed by atoms with Gasteiger partial charge in [0.15, 0.2) is 12.2 Å². The van der Waals surface area contributed by atoms with Crippen LogP contribution in [0.1, 0.15) is 356 Å². The number of carbonyl (C=O) groups is 4. The van der Waals surface area contributed by atoms with Crippen LogP contribution in [0.25, 0.3) is 0 Å². The van der Waals surface area contributed by atoms with Gasteiger partial charge in [0.05, 0.1) is 26.4 Å². The van der Waals surface area contributed by atoms with Crippen molar-refractivity contribution < 1.29 is 80.2 Å². The number of phosphoric acid groups is 2. The molecular formula is C69H134O17P2. The van der Waals surface area contributed by atoms with Gasteiger partial charge in [0.25, 0.3) is 0 Å². The summed E-state index contributed by atoms with van der Waals surface area (Å²) in [6, 6.07) is 0. The summed E-state index contributed by atoms with van der Waals surface area (Å²) in [6.07, 6.45) is 48.4. The molecule has 0 spiro atoms. The molecule has 0 aliphatic carbocycles. The van der Waals surface area contributed by atoms with E-state index in [9.17, 15) is 43.2 Å². The fourth-order valence-corrected chi connectivity index (χ4v) is 12.0. The molecule has 0 saturated carbocycles. The van der Waals surface area contributed by atoms with Gasteiger partial charge in [-0.15, -0.1) is 0 Å². The lowest BCUT2D eigenvalue weighted by Crippen LogP contribution is -2.30. The molecule has 0 bridgehead atoms. The summed E-state index contributed by atoms with van der Waals surface area (Å²) < 4.78 is 68.2. The molecule has 0 fully saturated rings. The number of aliphatic hydroxyl groups excluding tert-OH is 1. The highest BCUT2D eigenvalue weighted by Crippen LogP contribution is 2.45. The third-order valence-electron chi connectivity index (χ3n) is 16.0. The Morgan fingerprint density at radius 1 is 0.307 bits per heavy atom. The Balaban J connectivity index is 5.25. The lowest BCUT2D eigenvalue weighted by molar-refractivity contribution is -0.161. The van der Waals surface area contributed by atoms with E-state index < -0.39 is 97.5 Å². The molecule has 0 aromatic rings. The molecule has 0 rings (SSSR count). The number of phosphoric ester groups is 2. The molecule has 0 saturated heterocycles. The van der Waals surface area contributed by atoms with E-state index in [0.29, 0.717) is 25.7 Å². The lowest BCUT2D eigenvalue weighted by Gasteiger charge is -2.21. The Morgan fingerprint density at radius 2 is 0.523 bits per heavy atom. The number of unbranched alkanes of at least 4 members (excludes halogenated alkanes) is 41. The van der Waals surface area contributed by atoms with Crippen LogP contribution in [0.4, 0.5) is 0 Å². The van der Waals surface area contributed by atoms with Crippen LogP contribution < -0.4 is 0 Å². The van der Waals surface area contributed by atoms with E-state index in [1.807, 2.05) is 0 Å². The minimum atomic E-state index is -4.95. The Morgan fingerprint density at radius 3 is 0.773 bits per heavy atom. The van der Waals surface area contributed by atoms with E-state index in [0.717, 1.165) is 95.8 Å². The first-order valence-corrected chi connectivity index (χ1v) is 39.1. The van der Waals surface area contributed by atoms with Gasteiger partial charge in [-0.25, -0.2) is 9.13 Å². The predicted octanol–water partition coefficient (Wildman–Crippen LogP) is 19.7. The number of hydrogen-bond acceptors (Lipinski definition) is 15. The van der Waals surface area contributed by atoms with Crippen LogP contribution in [0, 0.1) is 5.92 Å². The van der Waals surface area contributed by atoms with Crippen LogP contribution in [0.3, 0.4) is 0 Å². The van der Waals surface area contributed by atoms with Gasteiger partial charge < -0.3 is 33.8 Å². The molecule has 3 N–H and O–H groups in total. The van der Waals surface area contributed by atoms with Crippen molar-refractivity contribution in [1.82, 2.24) is 0 Å². The van der Waals surface area contributed by atoms with Crippen molar-refractivity contribution in [2.45, 2.75) is 374 Å². The summed E-state index contributed by atoms with van der Waals surface area (Å²) in [5.41, 5.74) is 0. The number of ether oxygens (including phenoxy) is 4. The standard InChI is InChI=1S/C69H134O17P2/c1-6-9-12-15-18-21-24-25-28-33-38-43-48-53-67(72)80-59-65(86-69(74)55-50-45-40-35-30-29-31-36-41-46-51-62(4)5)61-84-88(77,78)82-57-63(70)56-81-87(75,76)83-60-64(85-68(73)54-49-44-39-34-27-23-20-17-14-11-8-3)58-79-66(71)52-47-42-37-32-26-22-19-16-13-10-7-2/h62-65,70H,6-61H2,1-5H3,(H,75,76)(H,77,78)/t63-,64+,65+/m0/s1. The van der Waals surface area contributed by atoms with Gasteiger partial charge in [-0.2, -0.15) is 0 Å². The Labute approximate surface area is 537 Å². The van der Waals surface area contributed by atoms with E-state index in [1.54, 1.807) is 0 Å². The molecule has 0 amide bonds. The van der Waals surface area contributed by atoms with E-state index in [-0.39, 0.29) is 25.7 Å². The molecule has 0 heterocycles. The average Bonchev–Trinajstić information content (AvgIpc) is 3.60. The third kappa shape index (κ3) is 62.8. The van der Waals surface area contributed by atoms with Crippen molar-refractivity contribution in [2.75, 3.05) is 39.6 Å². The summed E-state index contributed by atoms with van der Waals surface area (Å²) in [5.74, 6) is -1.37. The third-order valence-corrected chi connectivity index (χ3v) is 17.9. The van der Waals surface area contributed by atoms with Crippen LogP contribution in [-0.4, -0.2) is 96.7 Å². The van der Waals surface area contributed by atoms with Gasteiger partial charge >= 0.3 is 39.5 Å². The highest BCUT2D eigenvalue weighted by Gasteiger charge is 2.30. The lowest BCUT2D eigenvalue weighted by atomic mass is 10.0. The van der Waals surface area contributed by atoms with Crippen LogP contribution >= 0.6 is 15.6 Å². The topological polar surface area (TPSA) is 237 Å². The van der Waals surface area contributed by atoms with E-state index >= 15 is 0 Å². The highest BCUT2D eigenvalue weighted by atomic mass is 31.2. The summed E-state index contributed by atoms with van der Waals surface area (Å²) in [5, 5.41) is 10.6. The molecule has 17 nitrogen and oxygen atoms in total. The number of rotatable bonds is 69. The monoisotopic (exact) mass is 1300 g/mol. The zero-order valence-corrected chi connectivity index (χ0v) is 58.6. The molecule has 0 aliphatic rings. The maximum atomic E-state index is 13.0. The minimum Gasteiger partial charge on any atom is -0.462 e. The second-order valence-electron chi connectivity index (χ2n) is 25.4. The maximum absolute atomic E-state index is 13.0. The van der Waals surface area contributed by atoms with E-state index in [4.69, 9.17) is 37.0 Å². The van der Waals surface area contributed by atoms with E-state index in [1.165, 1.54) is 180 Å². The molecular weight excluding hydrogens is 1160 g/mol. The smallest absolute Gasteiger partial charge is 0.462 e. The Bertz CT molecular complexity index is 1700. The van der Waals surface area contributed by atoms with Crippen molar-refractivity contribution in [2.24, 2.45) is 5.92 Å². The molecule has 0 aromatic heterocycles. The van der Waals surface area contributed by atoms with Crippen LogP contribution in [0.2, 0.25) is 0 Å². The zero-order valence-electron chi connectivity index (χ0n) is 56.9. The van der Waals surface area contributed by atoms with Crippen molar-refractivity contribution in [1.29, 1.82) is 0 Å². The van der Waals surface area contributed by atoms with Gasteiger partial charge in [-0.1, -0.05) is 304 Å². The first kappa shape index (κ1) is 86.1. The summed E-state index contributed by atoms with van der Waals surface area (Å²) >= 11 is 0. The van der Waals surface area contributed by atoms with E-state index in [2.05, 4.69) is 34.6 Å². The van der Waals surface area contributed by atoms with Gasteiger partial charge in [0.2, 0.25) is 0 Å². The number of esters is 4. The molecule has 522 valence electrons. The average molecular weight is 1300 g/mol. The second kappa shape index (κ2) is 62.5. The number of carbonyl (C=O) groups excluding carboxylic acids is 4. The summed E-state index contributed by atoms with van der Waals surface area (Å²) in [4.78, 5) is 72.5. The van der Waals surface area contributed by atoms with Crippen molar-refractivity contribution in [3.05, 3.63) is 0 Å². The van der Waals surface area contributed by atoms with Gasteiger partial charge in [-0.05, 0) is 31.6 Å². The second-order valence-corrected chi connectivity index (χ2v) is 28.3. The fraction of sp³-hybridized carbons (Fsp3) is 0.942. The van der Waals surface area contributed by atoms with Crippen LogP contribution in [0.15, 0.2) is 0 Å². The molecule has 0 aliphatic heterocycles. The first-order chi connectivity index (χ1) is 42.5. The molecule has 88 heavy (non-hydrogen) atoms. The predicted molar refractivity (Wildman–Crippen MR) is 354 cm³/mol. The summed E-state index contributed by atoms with van der Waals surface area (Å²) in [7, 11) is -9.89. The molecule has 2 unspecified atom stereocenters. The van der Waals surface area contributed by atoms with Gasteiger partial charge in [-0.3, -0.25) is 37.3 Å². The van der Waals surface area contributed by atoms with Gasteiger partial charge in [0.1, 0.15) is 19.3 Å². The minimum absolute atomic E-state index is 0.107. The van der Waals surface area contributed by atoms with Crippen LogP contribution in [0.5, 0.6) is 0 Å². The Hall–Kier alpha value is -1.94. The highest BCUT2D eigenvalue weighted by molar-refractivity contribution is 7.47. The molecule has 19 heteroatoms. The number of hydrogen-bond donors (Lipinski definition) is 3. The SMILES string of the molecule is CCCCCCCCCCCCCCCC(=O)OC[C@H](COP(=O)(O)OC[C@@H](O)COP(=O)(O)OC[C@@H](COC(=O)CCCCCCCCCCCCC)OC(=O)CCCCCCCCCCCCC)OC(=O)CCCCCCCCCCCCC(C)C. The largest absolute Gasteiger partial charge is 0.472 e. The summed E-state index contributed by atoms with van der Waals surface area (Å²) in [6.45, 7) is 7.23. The fourth-order valence-electron chi connectivity index (χ4n) is 10.5. The van der Waals surface area contributed by atoms with Crippen molar-refractivity contribution >= 4 is 39.5 Å². The number of aliphatic hydroxyl groups is 1. The van der Waals surface area contributed by atoms with Gasteiger partial charge in [0, 0.05) is 25.7 Å². The van der Waals surface area contributed by atoms with Crippen molar-refractivity contribution in [3.8, 4) is 0 Å². The molecule has 5 atom stereocenters. The van der Waals surface area contributed by atoms with Crippen molar-refractivity contribution in [3.63, 3.8) is 0 Å². The Kier molecular flexibility index (Phi) is 61.1.